The third-order valence-electron chi connectivity index (χ3n) is 3.73. The summed E-state index contributed by atoms with van der Waals surface area (Å²) in [7, 11) is 0. The number of hydrogen-bond donors (Lipinski definition) is 1. The number of halogens is 5. The first kappa shape index (κ1) is 16.0. The van der Waals surface area contributed by atoms with Crippen LogP contribution >= 0.6 is 15.9 Å². The summed E-state index contributed by atoms with van der Waals surface area (Å²) < 4.78 is 54.5. The molecule has 122 valence electrons. The third-order valence-corrected chi connectivity index (χ3v) is 4.23. The van der Waals surface area contributed by atoms with Gasteiger partial charge in [-0.1, -0.05) is 15.9 Å². The fraction of sp³-hybridized carbons (Fsp3) is 0.286. The highest BCUT2D eigenvalue weighted by Crippen LogP contribution is 2.38. The molecule has 4 nitrogen and oxygen atoms in total. The van der Waals surface area contributed by atoms with E-state index in [1.165, 1.54) is 25.1 Å². The van der Waals surface area contributed by atoms with Crippen LogP contribution in [0.1, 0.15) is 23.9 Å². The van der Waals surface area contributed by atoms with Crippen LogP contribution in [-0.4, -0.2) is 15.7 Å². The van der Waals surface area contributed by atoms with Gasteiger partial charge in [-0.15, -0.1) is 0 Å². The maximum absolute atomic E-state index is 14.2. The Balaban J connectivity index is 2.23. The van der Waals surface area contributed by atoms with Gasteiger partial charge in [-0.2, -0.15) is 18.3 Å². The van der Waals surface area contributed by atoms with E-state index >= 15 is 0 Å². The predicted octanol–water partition coefficient (Wildman–Crippen LogP) is 3.20. The van der Waals surface area contributed by atoms with Crippen LogP contribution in [0, 0.1) is 5.82 Å². The van der Waals surface area contributed by atoms with Gasteiger partial charge in [0.1, 0.15) is 17.9 Å². The van der Waals surface area contributed by atoms with Crippen LogP contribution in [-0.2, 0) is 23.1 Å². The Labute approximate surface area is 136 Å². The van der Waals surface area contributed by atoms with Gasteiger partial charge in [-0.3, -0.25) is 9.48 Å². The lowest BCUT2D eigenvalue weighted by Crippen LogP contribution is -2.51. The second kappa shape index (κ2) is 5.05. The van der Waals surface area contributed by atoms with Crippen LogP contribution in [0.15, 0.2) is 28.7 Å². The summed E-state index contributed by atoms with van der Waals surface area (Å²) in [4.78, 5) is 11.9. The SMILES string of the molecule is CC1(c2cc(Br)ccc2F)NC(=O)Cn2nc(C(F)(F)F)cc21. The molecule has 2 heterocycles. The van der Waals surface area contributed by atoms with Gasteiger partial charge in [0.2, 0.25) is 5.91 Å². The number of carbonyl (C=O) groups is 1. The van der Waals surface area contributed by atoms with Gasteiger partial charge in [0.05, 0.1) is 5.69 Å². The number of carbonyl (C=O) groups excluding carboxylic acids is 1. The minimum absolute atomic E-state index is 0.0507. The van der Waals surface area contributed by atoms with Crippen molar-refractivity contribution in [3.8, 4) is 0 Å². The van der Waals surface area contributed by atoms with Crippen molar-refractivity contribution in [1.29, 1.82) is 0 Å². The van der Waals surface area contributed by atoms with Gasteiger partial charge in [-0.25, -0.2) is 4.39 Å². The van der Waals surface area contributed by atoms with Crippen molar-refractivity contribution >= 4 is 21.8 Å². The molecule has 23 heavy (non-hydrogen) atoms. The molecule has 1 aromatic carbocycles. The number of nitrogens with zero attached hydrogens (tertiary/aromatic N) is 2. The summed E-state index contributed by atoms with van der Waals surface area (Å²) in [5, 5.41) is 6.01. The van der Waals surface area contributed by atoms with Crippen molar-refractivity contribution in [3.05, 3.63) is 51.5 Å². The molecular weight excluding hydrogens is 382 g/mol. The Morgan fingerprint density at radius 1 is 1.35 bits per heavy atom. The standard InChI is InChI=1S/C14H10BrF4N3O/c1-13(8-4-7(15)2-3-9(8)16)11-5-10(14(17,18)19)21-22(11)6-12(23)20-13/h2-5H,6H2,1H3,(H,20,23). The third kappa shape index (κ3) is 2.62. The lowest BCUT2D eigenvalue weighted by molar-refractivity contribution is -0.141. The maximum atomic E-state index is 14.2. The fourth-order valence-corrected chi connectivity index (χ4v) is 3.04. The zero-order chi connectivity index (χ0) is 17.0. The molecule has 1 aliphatic rings. The number of hydrogen-bond acceptors (Lipinski definition) is 2. The minimum Gasteiger partial charge on any atom is -0.339 e. The van der Waals surface area contributed by atoms with Crippen LogP contribution in [0.5, 0.6) is 0 Å². The molecule has 0 aliphatic carbocycles. The number of alkyl halides is 3. The van der Waals surface area contributed by atoms with Crippen LogP contribution in [0.2, 0.25) is 0 Å². The average molecular weight is 392 g/mol. The second-order valence-corrected chi connectivity index (χ2v) is 6.28. The molecule has 1 unspecified atom stereocenters. The molecule has 1 aliphatic heterocycles. The molecule has 1 N–H and O–H groups in total. The van der Waals surface area contributed by atoms with Crippen LogP contribution in [0.3, 0.4) is 0 Å². The van der Waals surface area contributed by atoms with Gasteiger partial charge < -0.3 is 5.32 Å². The number of fused-ring (bicyclic) bond motifs is 1. The molecule has 0 spiro atoms. The van der Waals surface area contributed by atoms with Crippen LogP contribution in [0.25, 0.3) is 0 Å². The van der Waals surface area contributed by atoms with E-state index in [2.05, 4.69) is 26.3 Å². The quantitative estimate of drug-likeness (QED) is 0.758. The van der Waals surface area contributed by atoms with Crippen molar-refractivity contribution in [3.63, 3.8) is 0 Å². The Kier molecular flexibility index (Phi) is 3.51. The molecule has 0 radical (unpaired) electrons. The molecule has 0 bridgehead atoms. The van der Waals surface area contributed by atoms with E-state index in [1.54, 1.807) is 0 Å². The van der Waals surface area contributed by atoms with E-state index in [4.69, 9.17) is 0 Å². The zero-order valence-electron chi connectivity index (χ0n) is 11.7. The van der Waals surface area contributed by atoms with Crippen molar-refractivity contribution in [2.24, 2.45) is 0 Å². The zero-order valence-corrected chi connectivity index (χ0v) is 13.3. The summed E-state index contributed by atoms with van der Waals surface area (Å²) >= 11 is 3.20. The summed E-state index contributed by atoms with van der Waals surface area (Å²) in [5.41, 5.74) is -2.46. The topological polar surface area (TPSA) is 46.9 Å². The van der Waals surface area contributed by atoms with E-state index in [9.17, 15) is 22.4 Å². The van der Waals surface area contributed by atoms with Crippen molar-refractivity contribution in [1.82, 2.24) is 15.1 Å². The van der Waals surface area contributed by atoms with Crippen molar-refractivity contribution < 1.29 is 22.4 Å². The van der Waals surface area contributed by atoms with Crippen molar-refractivity contribution in [2.75, 3.05) is 0 Å². The molecule has 9 heteroatoms. The molecule has 0 saturated heterocycles. The van der Waals surface area contributed by atoms with E-state index in [1.807, 2.05) is 0 Å². The molecule has 1 atom stereocenters. The Hall–Kier alpha value is -1.90. The fourth-order valence-electron chi connectivity index (χ4n) is 2.68. The Morgan fingerprint density at radius 3 is 2.70 bits per heavy atom. The smallest absolute Gasteiger partial charge is 0.339 e. The molecular formula is C14H10BrF4N3O. The predicted molar refractivity (Wildman–Crippen MR) is 75.9 cm³/mol. The van der Waals surface area contributed by atoms with E-state index in [0.717, 1.165) is 10.7 Å². The number of benzene rings is 1. The van der Waals surface area contributed by atoms with E-state index < -0.39 is 29.1 Å². The first-order valence-electron chi connectivity index (χ1n) is 6.53. The van der Waals surface area contributed by atoms with Gasteiger partial charge in [-0.05, 0) is 31.2 Å². The van der Waals surface area contributed by atoms with Gasteiger partial charge in [0.15, 0.2) is 5.69 Å². The van der Waals surface area contributed by atoms with E-state index in [-0.39, 0.29) is 17.8 Å². The van der Waals surface area contributed by atoms with Crippen molar-refractivity contribution in [2.45, 2.75) is 25.2 Å². The first-order chi connectivity index (χ1) is 10.6. The summed E-state index contributed by atoms with van der Waals surface area (Å²) in [6, 6.07) is 4.90. The molecule has 0 saturated carbocycles. The number of amides is 1. The maximum Gasteiger partial charge on any atom is 0.435 e. The summed E-state index contributed by atoms with van der Waals surface area (Å²) in [6.07, 6.45) is -4.65. The Bertz CT molecular complexity index is 802. The first-order valence-corrected chi connectivity index (χ1v) is 7.32. The lowest BCUT2D eigenvalue weighted by atomic mass is 9.86. The second-order valence-electron chi connectivity index (χ2n) is 5.37. The number of aromatic nitrogens is 2. The molecule has 0 fully saturated rings. The average Bonchev–Trinajstić information content (AvgIpc) is 2.86. The van der Waals surface area contributed by atoms with Gasteiger partial charge >= 0.3 is 6.18 Å². The highest BCUT2D eigenvalue weighted by molar-refractivity contribution is 9.10. The highest BCUT2D eigenvalue weighted by atomic mass is 79.9. The number of nitrogens with one attached hydrogen (secondary N) is 1. The molecule has 1 amide bonds. The number of rotatable bonds is 1. The largest absolute Gasteiger partial charge is 0.435 e. The Morgan fingerprint density at radius 2 is 2.04 bits per heavy atom. The highest BCUT2D eigenvalue weighted by Gasteiger charge is 2.44. The monoisotopic (exact) mass is 391 g/mol. The summed E-state index contributed by atoms with van der Waals surface area (Å²) in [6.45, 7) is 1.10. The molecule has 3 rings (SSSR count). The lowest BCUT2D eigenvalue weighted by Gasteiger charge is -2.35. The van der Waals surface area contributed by atoms with Gasteiger partial charge in [0.25, 0.3) is 0 Å². The molecule has 2 aromatic rings. The summed E-state index contributed by atoms with van der Waals surface area (Å²) in [5.74, 6) is -1.18. The minimum atomic E-state index is -4.65. The van der Waals surface area contributed by atoms with Crippen LogP contribution in [0.4, 0.5) is 17.6 Å². The molecule has 1 aromatic heterocycles. The van der Waals surface area contributed by atoms with E-state index in [0.29, 0.717) is 4.47 Å². The van der Waals surface area contributed by atoms with Crippen LogP contribution < -0.4 is 5.32 Å². The normalized spacial score (nSPS) is 21.0. The van der Waals surface area contributed by atoms with Gasteiger partial charge in [0, 0.05) is 10.0 Å².